The summed E-state index contributed by atoms with van der Waals surface area (Å²) < 4.78 is 7.35. The second-order valence-corrected chi connectivity index (χ2v) is 4.88. The summed E-state index contributed by atoms with van der Waals surface area (Å²) >= 11 is 3.36. The fourth-order valence-electron chi connectivity index (χ4n) is 1.43. The van der Waals surface area contributed by atoms with Crippen molar-refractivity contribution in [3.63, 3.8) is 0 Å². The molecular weight excluding hydrogens is 300 g/mol. The molecule has 2 heterocycles. The Morgan fingerprint density at radius 3 is 2.78 bits per heavy atom. The molecule has 1 N–H and O–H groups in total. The van der Waals surface area contributed by atoms with E-state index in [2.05, 4.69) is 31.5 Å². The number of nitrogens with one attached hydrogen (secondary N) is 1. The topological polar surface area (TPSA) is 73.0 Å². The van der Waals surface area contributed by atoms with Crippen LogP contribution in [-0.2, 0) is 4.79 Å². The van der Waals surface area contributed by atoms with Crippen LogP contribution in [0.3, 0.4) is 0 Å². The van der Waals surface area contributed by atoms with E-state index in [0.29, 0.717) is 11.6 Å². The average molecular weight is 313 g/mol. The number of amides is 1. The molecule has 0 unspecified atom stereocenters. The Hall–Kier alpha value is -1.63. The summed E-state index contributed by atoms with van der Waals surface area (Å²) in [5.41, 5.74) is 0.840. The molecule has 0 fully saturated rings. The van der Waals surface area contributed by atoms with Gasteiger partial charge in [-0.15, -0.1) is 0 Å². The number of nitrogens with zero attached hydrogens (tertiary/aromatic N) is 3. The third-order valence-corrected chi connectivity index (χ3v) is 3.29. The maximum atomic E-state index is 12.0. The Morgan fingerprint density at radius 2 is 2.28 bits per heavy atom. The molecule has 7 heteroatoms. The highest BCUT2D eigenvalue weighted by Gasteiger charge is 2.18. The van der Waals surface area contributed by atoms with Crippen molar-refractivity contribution < 1.29 is 9.32 Å². The van der Waals surface area contributed by atoms with Crippen LogP contribution in [0.25, 0.3) is 0 Å². The van der Waals surface area contributed by atoms with Crippen LogP contribution >= 0.6 is 15.9 Å². The summed E-state index contributed by atoms with van der Waals surface area (Å²) in [6.45, 7) is 5.40. The van der Waals surface area contributed by atoms with Crippen LogP contribution in [0.2, 0.25) is 0 Å². The molecule has 2 aromatic heterocycles. The zero-order chi connectivity index (χ0) is 13.3. The fourth-order valence-corrected chi connectivity index (χ4v) is 1.72. The zero-order valence-electron chi connectivity index (χ0n) is 10.3. The van der Waals surface area contributed by atoms with E-state index in [0.717, 1.165) is 10.2 Å². The van der Waals surface area contributed by atoms with E-state index in [4.69, 9.17) is 4.52 Å². The zero-order valence-corrected chi connectivity index (χ0v) is 11.9. The first-order valence-corrected chi connectivity index (χ1v) is 6.22. The summed E-state index contributed by atoms with van der Waals surface area (Å²) in [5.74, 6) is 0.862. The quantitative estimate of drug-likeness (QED) is 0.944. The molecule has 1 amide bonds. The van der Waals surface area contributed by atoms with E-state index < -0.39 is 6.04 Å². The molecule has 0 saturated carbocycles. The lowest BCUT2D eigenvalue weighted by Crippen LogP contribution is -2.24. The van der Waals surface area contributed by atoms with Crippen molar-refractivity contribution in [1.82, 2.24) is 14.9 Å². The van der Waals surface area contributed by atoms with Gasteiger partial charge in [0.25, 0.3) is 0 Å². The van der Waals surface area contributed by atoms with Crippen LogP contribution in [0.5, 0.6) is 0 Å². The molecule has 2 aromatic rings. The third kappa shape index (κ3) is 2.61. The Morgan fingerprint density at radius 1 is 1.56 bits per heavy atom. The lowest BCUT2D eigenvalue weighted by Gasteiger charge is -2.10. The van der Waals surface area contributed by atoms with E-state index in [1.165, 1.54) is 0 Å². The van der Waals surface area contributed by atoms with Crippen LogP contribution in [-0.4, -0.2) is 20.8 Å². The van der Waals surface area contributed by atoms with E-state index in [1.807, 2.05) is 6.92 Å². The third-order valence-electron chi connectivity index (χ3n) is 2.51. The summed E-state index contributed by atoms with van der Waals surface area (Å²) in [7, 11) is 0. The van der Waals surface area contributed by atoms with Crippen molar-refractivity contribution in [3.8, 4) is 0 Å². The molecule has 6 nitrogen and oxygen atoms in total. The smallest absolute Gasteiger partial charge is 0.250 e. The molecule has 2 rings (SSSR count). The molecule has 0 saturated heterocycles. The van der Waals surface area contributed by atoms with Crippen LogP contribution in [0.15, 0.2) is 21.3 Å². The van der Waals surface area contributed by atoms with Crippen molar-refractivity contribution in [2.45, 2.75) is 26.8 Å². The fraction of sp³-hybridized carbons (Fsp3) is 0.364. The molecule has 0 aliphatic carbocycles. The van der Waals surface area contributed by atoms with E-state index in [1.54, 1.807) is 30.8 Å². The maximum absolute atomic E-state index is 12.0. The summed E-state index contributed by atoms with van der Waals surface area (Å²) in [5, 5.41) is 10.6. The van der Waals surface area contributed by atoms with Crippen LogP contribution in [0.4, 0.5) is 5.82 Å². The van der Waals surface area contributed by atoms with Gasteiger partial charge < -0.3 is 9.84 Å². The molecule has 1 atom stereocenters. The van der Waals surface area contributed by atoms with E-state index in [9.17, 15) is 4.79 Å². The van der Waals surface area contributed by atoms with Gasteiger partial charge in [-0.25, -0.2) is 0 Å². The van der Waals surface area contributed by atoms with Gasteiger partial charge in [-0.1, -0.05) is 5.16 Å². The first kappa shape index (κ1) is 12.8. The van der Waals surface area contributed by atoms with Crippen LogP contribution < -0.4 is 5.32 Å². The number of hydrogen-bond donors (Lipinski definition) is 1. The van der Waals surface area contributed by atoms with Crippen molar-refractivity contribution in [2.24, 2.45) is 0 Å². The largest absolute Gasteiger partial charge is 0.360 e. The highest BCUT2D eigenvalue weighted by Crippen LogP contribution is 2.17. The average Bonchev–Trinajstić information content (AvgIpc) is 2.85. The van der Waals surface area contributed by atoms with Gasteiger partial charge in [0, 0.05) is 12.3 Å². The highest BCUT2D eigenvalue weighted by atomic mass is 79.9. The number of halogens is 1. The first-order chi connectivity index (χ1) is 8.47. The summed E-state index contributed by atoms with van der Waals surface area (Å²) in [4.78, 5) is 12.0. The van der Waals surface area contributed by atoms with Crippen LogP contribution in [0, 0.1) is 13.8 Å². The predicted octanol–water partition coefficient (Wildman–Crippen LogP) is 2.45. The SMILES string of the molecule is Cc1cc(NC(=O)[C@@H](C)n2cc(Br)c(C)n2)no1. The number of aromatic nitrogens is 3. The Bertz CT molecular complexity index is 556. The van der Waals surface area contributed by atoms with Gasteiger partial charge >= 0.3 is 0 Å². The predicted molar refractivity (Wildman–Crippen MR) is 69.2 cm³/mol. The minimum atomic E-state index is -0.424. The maximum Gasteiger partial charge on any atom is 0.250 e. The number of aryl methyl sites for hydroxylation is 2. The Balaban J connectivity index is 2.09. The van der Waals surface area contributed by atoms with Gasteiger partial charge in [-0.3, -0.25) is 9.48 Å². The minimum Gasteiger partial charge on any atom is -0.360 e. The van der Waals surface area contributed by atoms with Crippen molar-refractivity contribution in [3.05, 3.63) is 28.2 Å². The Kier molecular flexibility index (Phi) is 3.51. The van der Waals surface area contributed by atoms with Gasteiger partial charge in [0.05, 0.1) is 10.2 Å². The lowest BCUT2D eigenvalue weighted by molar-refractivity contribution is -0.119. The number of rotatable bonds is 3. The second-order valence-electron chi connectivity index (χ2n) is 4.03. The molecule has 0 aromatic carbocycles. The standard InChI is InChI=1S/C11H13BrN4O2/c1-6-4-10(15-18-6)13-11(17)8(3)16-5-9(12)7(2)14-16/h4-5,8H,1-3H3,(H,13,15,17)/t8-/m1/s1. The number of anilines is 1. The van der Waals surface area contributed by atoms with Crippen molar-refractivity contribution >= 4 is 27.7 Å². The van der Waals surface area contributed by atoms with Crippen LogP contribution in [0.1, 0.15) is 24.4 Å². The van der Waals surface area contributed by atoms with Gasteiger partial charge in [-0.2, -0.15) is 5.10 Å². The molecule has 0 aliphatic heterocycles. The minimum absolute atomic E-state index is 0.196. The van der Waals surface area contributed by atoms with Gasteiger partial charge in [0.1, 0.15) is 11.8 Å². The number of carbonyl (C=O) groups excluding carboxylic acids is 1. The van der Waals surface area contributed by atoms with Gasteiger partial charge in [0.2, 0.25) is 5.91 Å². The number of carbonyl (C=O) groups is 1. The molecular formula is C11H13BrN4O2. The molecule has 0 bridgehead atoms. The molecule has 18 heavy (non-hydrogen) atoms. The molecule has 0 radical (unpaired) electrons. The monoisotopic (exact) mass is 312 g/mol. The Labute approximate surface area is 112 Å². The van der Waals surface area contributed by atoms with Crippen molar-refractivity contribution in [2.75, 3.05) is 5.32 Å². The van der Waals surface area contributed by atoms with Crippen molar-refractivity contribution in [1.29, 1.82) is 0 Å². The molecule has 0 spiro atoms. The summed E-state index contributed by atoms with van der Waals surface area (Å²) in [6, 6.07) is 1.24. The summed E-state index contributed by atoms with van der Waals surface area (Å²) in [6.07, 6.45) is 1.77. The molecule has 0 aliphatic rings. The van der Waals surface area contributed by atoms with Gasteiger partial charge in [-0.05, 0) is 36.7 Å². The van der Waals surface area contributed by atoms with E-state index in [-0.39, 0.29) is 5.91 Å². The molecule has 96 valence electrons. The normalized spacial score (nSPS) is 12.4. The van der Waals surface area contributed by atoms with E-state index >= 15 is 0 Å². The second kappa shape index (κ2) is 4.93. The number of hydrogen-bond acceptors (Lipinski definition) is 4. The highest BCUT2D eigenvalue weighted by molar-refractivity contribution is 9.10. The van der Waals surface area contributed by atoms with Gasteiger partial charge in [0.15, 0.2) is 5.82 Å². The lowest BCUT2D eigenvalue weighted by atomic mass is 10.3. The first-order valence-electron chi connectivity index (χ1n) is 5.43.